The Labute approximate surface area is 74.1 Å². The first-order valence-electron chi connectivity index (χ1n) is 4.22. The Morgan fingerprint density at radius 2 is 2.08 bits per heavy atom. The molecule has 0 saturated heterocycles. The van der Waals surface area contributed by atoms with Crippen molar-refractivity contribution in [2.75, 3.05) is 0 Å². The van der Waals surface area contributed by atoms with Crippen molar-refractivity contribution in [3.05, 3.63) is 11.9 Å². The fraction of sp³-hybridized carbons (Fsp3) is 0.750. The molecule has 0 aromatic heterocycles. The van der Waals surface area contributed by atoms with E-state index in [2.05, 4.69) is 19.3 Å². The minimum atomic E-state index is 0.134. The van der Waals surface area contributed by atoms with Crippen LogP contribution in [0, 0.1) is 5.92 Å². The van der Waals surface area contributed by atoms with Crippen molar-refractivity contribution in [1.82, 2.24) is 5.43 Å². The van der Waals surface area contributed by atoms with Crippen LogP contribution >= 0.6 is 0 Å². The summed E-state index contributed by atoms with van der Waals surface area (Å²) in [5.41, 5.74) is 14.5. The lowest BCUT2D eigenvalue weighted by molar-refractivity contribution is 0.490. The molecule has 0 aliphatic rings. The van der Waals surface area contributed by atoms with Gasteiger partial charge in [-0.3, -0.25) is 5.84 Å². The summed E-state index contributed by atoms with van der Waals surface area (Å²) in [4.78, 5) is 0. The Kier molecular flexibility index (Phi) is 5.49. The highest BCUT2D eigenvalue weighted by molar-refractivity contribution is 4.96. The van der Waals surface area contributed by atoms with Gasteiger partial charge in [-0.25, -0.2) is 0 Å². The van der Waals surface area contributed by atoms with E-state index in [9.17, 15) is 0 Å². The third-order valence-electron chi connectivity index (χ3n) is 1.54. The van der Waals surface area contributed by atoms with Crippen LogP contribution in [0.1, 0.15) is 26.7 Å². The molecule has 7 N–H and O–H groups in total. The number of nitrogens with two attached hydrogens (primary N) is 3. The van der Waals surface area contributed by atoms with E-state index in [1.54, 1.807) is 6.20 Å². The van der Waals surface area contributed by atoms with Crippen molar-refractivity contribution >= 4 is 0 Å². The van der Waals surface area contributed by atoms with Crippen LogP contribution in [-0.2, 0) is 0 Å². The number of hydrogen-bond donors (Lipinski definition) is 4. The highest BCUT2D eigenvalue weighted by atomic mass is 15.2. The molecule has 72 valence electrons. The third-order valence-corrected chi connectivity index (χ3v) is 1.54. The van der Waals surface area contributed by atoms with Gasteiger partial charge in [0.1, 0.15) is 0 Å². The van der Waals surface area contributed by atoms with E-state index in [1.165, 1.54) is 0 Å². The summed E-state index contributed by atoms with van der Waals surface area (Å²) in [6.07, 6.45) is 3.25. The van der Waals surface area contributed by atoms with Crippen LogP contribution in [0.15, 0.2) is 11.9 Å². The molecule has 0 aromatic rings. The standard InChI is InChI=1S/C8H20N4/c1-6(2)3-7(9)4-8(10)5-12-11/h5-7,12H,3-4,9-11H2,1-2H3/b8-5-. The van der Waals surface area contributed by atoms with Gasteiger partial charge >= 0.3 is 0 Å². The molecule has 4 nitrogen and oxygen atoms in total. The van der Waals surface area contributed by atoms with E-state index in [4.69, 9.17) is 17.3 Å². The maximum absolute atomic E-state index is 5.82. The monoisotopic (exact) mass is 172 g/mol. The number of nitrogens with one attached hydrogen (secondary N) is 1. The van der Waals surface area contributed by atoms with Gasteiger partial charge in [-0.15, -0.1) is 0 Å². The minimum absolute atomic E-state index is 0.134. The van der Waals surface area contributed by atoms with Crippen LogP contribution in [0.5, 0.6) is 0 Å². The van der Waals surface area contributed by atoms with Gasteiger partial charge in [-0.05, 0) is 12.3 Å². The van der Waals surface area contributed by atoms with Crippen molar-refractivity contribution in [1.29, 1.82) is 0 Å². The highest BCUT2D eigenvalue weighted by Gasteiger charge is 2.05. The SMILES string of the molecule is CC(C)CC(N)C/C(N)=C/NN. The van der Waals surface area contributed by atoms with E-state index in [1.807, 2.05) is 0 Å². The lowest BCUT2D eigenvalue weighted by Gasteiger charge is -2.13. The lowest BCUT2D eigenvalue weighted by atomic mass is 10.0. The first kappa shape index (κ1) is 11.3. The second kappa shape index (κ2) is 5.85. The van der Waals surface area contributed by atoms with E-state index in [0.717, 1.165) is 6.42 Å². The largest absolute Gasteiger partial charge is 0.401 e. The molecule has 0 amide bonds. The molecular weight excluding hydrogens is 152 g/mol. The summed E-state index contributed by atoms with van der Waals surface area (Å²) in [6, 6.07) is 0.134. The summed E-state index contributed by atoms with van der Waals surface area (Å²) < 4.78 is 0. The summed E-state index contributed by atoms with van der Waals surface area (Å²) in [5, 5.41) is 0. The summed E-state index contributed by atoms with van der Waals surface area (Å²) in [6.45, 7) is 4.28. The van der Waals surface area contributed by atoms with E-state index < -0.39 is 0 Å². The Morgan fingerprint density at radius 1 is 1.50 bits per heavy atom. The van der Waals surface area contributed by atoms with Crippen molar-refractivity contribution in [2.24, 2.45) is 23.2 Å². The zero-order chi connectivity index (χ0) is 9.56. The molecule has 4 heteroatoms. The molecule has 0 aliphatic heterocycles. The number of hydrogen-bond acceptors (Lipinski definition) is 4. The van der Waals surface area contributed by atoms with Crippen molar-refractivity contribution in [2.45, 2.75) is 32.7 Å². The van der Waals surface area contributed by atoms with Crippen molar-refractivity contribution in [3.8, 4) is 0 Å². The van der Waals surface area contributed by atoms with E-state index in [-0.39, 0.29) is 6.04 Å². The first-order chi connectivity index (χ1) is 5.56. The molecule has 0 bridgehead atoms. The lowest BCUT2D eigenvalue weighted by Crippen LogP contribution is -2.26. The topological polar surface area (TPSA) is 90.1 Å². The summed E-state index contributed by atoms with van der Waals surface area (Å²) in [5.74, 6) is 5.67. The molecule has 0 heterocycles. The molecule has 0 saturated carbocycles. The van der Waals surface area contributed by atoms with Crippen molar-refractivity contribution in [3.63, 3.8) is 0 Å². The van der Waals surface area contributed by atoms with Crippen LogP contribution in [0.25, 0.3) is 0 Å². The molecule has 0 fully saturated rings. The predicted molar refractivity (Wildman–Crippen MR) is 51.6 cm³/mol. The number of rotatable bonds is 5. The molecule has 0 spiro atoms. The molecular formula is C8H20N4. The van der Waals surface area contributed by atoms with Gasteiger partial charge in [0.15, 0.2) is 0 Å². The molecule has 12 heavy (non-hydrogen) atoms. The predicted octanol–water partition coefficient (Wildman–Crippen LogP) is 0.0133. The van der Waals surface area contributed by atoms with Gasteiger partial charge < -0.3 is 16.9 Å². The summed E-state index contributed by atoms with van der Waals surface area (Å²) in [7, 11) is 0. The van der Waals surface area contributed by atoms with Crippen LogP contribution in [0.3, 0.4) is 0 Å². The molecule has 1 atom stereocenters. The maximum atomic E-state index is 5.82. The normalized spacial score (nSPS) is 14.9. The van der Waals surface area contributed by atoms with Gasteiger partial charge in [0.2, 0.25) is 0 Å². The van der Waals surface area contributed by atoms with E-state index >= 15 is 0 Å². The van der Waals surface area contributed by atoms with E-state index in [0.29, 0.717) is 18.0 Å². The van der Waals surface area contributed by atoms with Gasteiger partial charge in [0.05, 0.1) is 0 Å². The van der Waals surface area contributed by atoms with Gasteiger partial charge in [0, 0.05) is 24.4 Å². The first-order valence-corrected chi connectivity index (χ1v) is 4.22. The fourth-order valence-corrected chi connectivity index (χ4v) is 1.16. The highest BCUT2D eigenvalue weighted by Crippen LogP contribution is 2.07. The Hall–Kier alpha value is -0.740. The Balaban J connectivity index is 3.68. The zero-order valence-electron chi connectivity index (χ0n) is 7.88. The summed E-state index contributed by atoms with van der Waals surface area (Å²) >= 11 is 0. The quantitative estimate of drug-likeness (QED) is 0.347. The van der Waals surface area contributed by atoms with Crippen LogP contribution in [0.4, 0.5) is 0 Å². The molecule has 0 aromatic carbocycles. The van der Waals surface area contributed by atoms with Crippen LogP contribution < -0.4 is 22.7 Å². The second-order valence-electron chi connectivity index (χ2n) is 3.48. The molecule has 0 radical (unpaired) electrons. The zero-order valence-corrected chi connectivity index (χ0v) is 7.88. The molecule has 0 aliphatic carbocycles. The Morgan fingerprint density at radius 3 is 2.50 bits per heavy atom. The maximum Gasteiger partial charge on any atom is 0.0311 e. The average Bonchev–Trinajstić information content (AvgIpc) is 1.84. The molecule has 1 unspecified atom stereocenters. The van der Waals surface area contributed by atoms with Crippen LogP contribution in [0.2, 0.25) is 0 Å². The van der Waals surface area contributed by atoms with Gasteiger partial charge in [0.25, 0.3) is 0 Å². The third kappa shape index (κ3) is 6.00. The van der Waals surface area contributed by atoms with Gasteiger partial charge in [-0.1, -0.05) is 13.8 Å². The smallest absolute Gasteiger partial charge is 0.0311 e. The van der Waals surface area contributed by atoms with Crippen LogP contribution in [-0.4, -0.2) is 6.04 Å². The number of hydrazine groups is 1. The fourth-order valence-electron chi connectivity index (χ4n) is 1.16. The van der Waals surface area contributed by atoms with Crippen molar-refractivity contribution < 1.29 is 0 Å². The average molecular weight is 172 g/mol. The Bertz CT molecular complexity index is 142. The van der Waals surface area contributed by atoms with Gasteiger partial charge in [-0.2, -0.15) is 0 Å². The second-order valence-corrected chi connectivity index (χ2v) is 3.48. The minimum Gasteiger partial charge on any atom is -0.401 e. The molecule has 0 rings (SSSR count).